The van der Waals surface area contributed by atoms with E-state index in [0.717, 1.165) is 11.8 Å². The number of carbonyl (C=O) groups excluding carboxylic acids is 2. The number of benzene rings is 2. The fourth-order valence-electron chi connectivity index (χ4n) is 2.46. The van der Waals surface area contributed by atoms with E-state index in [1.807, 2.05) is 0 Å². The summed E-state index contributed by atoms with van der Waals surface area (Å²) >= 11 is 0. The molecule has 2 rings (SSSR count). The Kier molecular flexibility index (Phi) is 8.32. The minimum absolute atomic E-state index is 0.0226. The number of amides is 2. The molecule has 0 aliphatic rings. The summed E-state index contributed by atoms with van der Waals surface area (Å²) < 4.78 is 28.0. The Morgan fingerprint density at radius 2 is 1.74 bits per heavy atom. The first-order valence-corrected chi connectivity index (χ1v) is 11.2. The molecular weight excluding hydrogens is 428 g/mol. The molecule has 0 saturated carbocycles. The third-order valence-corrected chi connectivity index (χ3v) is 5.00. The van der Waals surface area contributed by atoms with Crippen LogP contribution >= 0.6 is 0 Å². The van der Waals surface area contributed by atoms with Crippen LogP contribution in [-0.2, 0) is 26.0 Å². The van der Waals surface area contributed by atoms with Gasteiger partial charge in [-0.1, -0.05) is 42.5 Å². The van der Waals surface area contributed by atoms with Crippen LogP contribution in [0.2, 0.25) is 0 Å². The van der Waals surface area contributed by atoms with Gasteiger partial charge in [0, 0.05) is 12.3 Å². The molecule has 2 aromatic carbocycles. The van der Waals surface area contributed by atoms with Gasteiger partial charge in [-0.25, -0.2) is 13.2 Å². The third-order valence-electron chi connectivity index (χ3n) is 4.02. The zero-order valence-corrected chi connectivity index (χ0v) is 17.4. The Labute approximate surface area is 178 Å². The molecule has 1 atom stereocenters. The number of nitrogens with zero attached hydrogens (tertiary/aromatic N) is 1. The van der Waals surface area contributed by atoms with Gasteiger partial charge in [0.2, 0.25) is 0 Å². The largest absolute Gasteiger partial charge is 0.445 e. The first kappa shape index (κ1) is 23.6. The summed E-state index contributed by atoms with van der Waals surface area (Å²) in [6.45, 7) is -0.0401. The lowest BCUT2D eigenvalue weighted by Gasteiger charge is -2.18. The molecule has 1 unspecified atom stereocenters. The van der Waals surface area contributed by atoms with Crippen molar-refractivity contribution in [3.05, 3.63) is 70.3 Å². The molecule has 166 valence electrons. The SMILES string of the molecule is CS(=O)(=O)CCC(NC(=O)OCc1ccccc1)C(=O)NNc1ccccc1[N+](=O)[O-]. The predicted molar refractivity (Wildman–Crippen MR) is 113 cm³/mol. The number of alkyl carbamates (subject to hydrolysis) is 1. The van der Waals surface area contributed by atoms with Gasteiger partial charge in [-0.2, -0.15) is 0 Å². The number of para-hydroxylation sites is 2. The van der Waals surface area contributed by atoms with Gasteiger partial charge in [0.05, 0.1) is 10.7 Å². The minimum Gasteiger partial charge on any atom is -0.445 e. The van der Waals surface area contributed by atoms with E-state index in [4.69, 9.17) is 4.74 Å². The zero-order chi connectivity index (χ0) is 22.9. The van der Waals surface area contributed by atoms with Gasteiger partial charge in [0.1, 0.15) is 28.2 Å². The predicted octanol–water partition coefficient (Wildman–Crippen LogP) is 1.77. The van der Waals surface area contributed by atoms with E-state index in [1.54, 1.807) is 30.3 Å². The Hall–Kier alpha value is -3.67. The molecule has 0 aliphatic heterocycles. The number of nitro benzene ring substituents is 1. The molecule has 2 aromatic rings. The summed E-state index contributed by atoms with van der Waals surface area (Å²) in [5, 5.41) is 13.4. The quantitative estimate of drug-likeness (QED) is 0.365. The Morgan fingerprint density at radius 1 is 1.10 bits per heavy atom. The monoisotopic (exact) mass is 450 g/mol. The molecule has 0 spiro atoms. The van der Waals surface area contributed by atoms with Gasteiger partial charge >= 0.3 is 6.09 Å². The second-order valence-corrected chi connectivity index (χ2v) is 8.83. The molecule has 0 aliphatic carbocycles. The Morgan fingerprint density at radius 3 is 2.39 bits per heavy atom. The van der Waals surface area contributed by atoms with Gasteiger partial charge < -0.3 is 10.1 Å². The van der Waals surface area contributed by atoms with Crippen LogP contribution in [0.15, 0.2) is 54.6 Å². The Balaban J connectivity index is 2.01. The number of nitro groups is 1. The summed E-state index contributed by atoms with van der Waals surface area (Å²) in [6, 6.07) is 13.2. The fraction of sp³-hybridized carbons (Fsp3) is 0.263. The third kappa shape index (κ3) is 8.30. The van der Waals surface area contributed by atoms with Gasteiger partial charge in [0.15, 0.2) is 0 Å². The average molecular weight is 450 g/mol. The van der Waals surface area contributed by atoms with Crippen molar-refractivity contribution in [1.29, 1.82) is 0 Å². The lowest BCUT2D eigenvalue weighted by atomic mass is 10.2. The van der Waals surface area contributed by atoms with E-state index in [9.17, 15) is 28.1 Å². The topological polar surface area (TPSA) is 157 Å². The highest BCUT2D eigenvalue weighted by Crippen LogP contribution is 2.22. The number of sulfone groups is 1. The molecule has 0 fully saturated rings. The summed E-state index contributed by atoms with van der Waals surface area (Å²) in [4.78, 5) is 35.0. The number of rotatable bonds is 10. The first-order valence-electron chi connectivity index (χ1n) is 9.10. The van der Waals surface area contributed by atoms with E-state index in [2.05, 4.69) is 16.2 Å². The summed E-state index contributed by atoms with van der Waals surface area (Å²) in [5.74, 6) is -1.16. The van der Waals surface area contributed by atoms with Crippen LogP contribution in [0.25, 0.3) is 0 Å². The van der Waals surface area contributed by atoms with Crippen LogP contribution < -0.4 is 16.2 Å². The molecule has 0 radical (unpaired) electrons. The molecule has 0 heterocycles. The summed E-state index contributed by atoms with van der Waals surface area (Å²) in [5.41, 5.74) is 5.15. The lowest BCUT2D eigenvalue weighted by Crippen LogP contribution is -2.49. The van der Waals surface area contributed by atoms with E-state index >= 15 is 0 Å². The number of hydrazine groups is 1. The van der Waals surface area contributed by atoms with Crippen LogP contribution in [0.1, 0.15) is 12.0 Å². The van der Waals surface area contributed by atoms with Crippen LogP contribution in [0.4, 0.5) is 16.2 Å². The van der Waals surface area contributed by atoms with Gasteiger partial charge in [-0.05, 0) is 18.1 Å². The number of carbonyl (C=O) groups is 2. The van der Waals surface area contributed by atoms with Crippen molar-refractivity contribution in [3.8, 4) is 0 Å². The number of nitrogens with one attached hydrogen (secondary N) is 3. The van der Waals surface area contributed by atoms with Gasteiger partial charge in [-0.15, -0.1) is 0 Å². The molecular formula is C19H22N4O7S. The lowest BCUT2D eigenvalue weighted by molar-refractivity contribution is -0.384. The van der Waals surface area contributed by atoms with Crippen molar-refractivity contribution >= 4 is 33.2 Å². The first-order chi connectivity index (χ1) is 14.7. The highest BCUT2D eigenvalue weighted by Gasteiger charge is 2.24. The smallest absolute Gasteiger partial charge is 0.408 e. The van der Waals surface area contributed by atoms with Crippen molar-refractivity contribution in [1.82, 2.24) is 10.7 Å². The number of hydrogen-bond donors (Lipinski definition) is 3. The maximum Gasteiger partial charge on any atom is 0.408 e. The van der Waals surface area contributed by atoms with E-state index in [1.165, 1.54) is 24.3 Å². The average Bonchev–Trinajstić information content (AvgIpc) is 2.73. The highest BCUT2D eigenvalue weighted by molar-refractivity contribution is 7.90. The van der Waals surface area contributed by atoms with Crippen LogP contribution in [0.5, 0.6) is 0 Å². The molecule has 3 N–H and O–H groups in total. The standard InChI is InChI=1S/C19H22N4O7S/c1-31(28,29)12-11-16(20-19(25)30-13-14-7-3-2-4-8-14)18(24)22-21-15-9-5-6-10-17(15)23(26)27/h2-10,16,21H,11-13H2,1H3,(H,20,25)(H,22,24). The van der Waals surface area contributed by atoms with Crippen molar-refractivity contribution in [3.63, 3.8) is 0 Å². The minimum atomic E-state index is -3.41. The van der Waals surface area contributed by atoms with Crippen molar-refractivity contribution < 1.29 is 27.7 Å². The van der Waals surface area contributed by atoms with Crippen molar-refractivity contribution in [2.24, 2.45) is 0 Å². The molecule has 2 amide bonds. The van der Waals surface area contributed by atoms with Gasteiger partial charge in [0.25, 0.3) is 11.6 Å². The highest BCUT2D eigenvalue weighted by atomic mass is 32.2. The molecule has 12 heteroatoms. The molecule has 0 saturated heterocycles. The maximum absolute atomic E-state index is 12.5. The zero-order valence-electron chi connectivity index (χ0n) is 16.6. The fourth-order valence-corrected chi connectivity index (χ4v) is 3.13. The van der Waals surface area contributed by atoms with E-state index < -0.39 is 32.8 Å². The van der Waals surface area contributed by atoms with Crippen molar-refractivity contribution in [2.45, 2.75) is 19.1 Å². The summed E-state index contributed by atoms with van der Waals surface area (Å²) in [6.07, 6.45) is -0.131. The Bertz CT molecular complexity index is 1030. The molecule has 31 heavy (non-hydrogen) atoms. The second kappa shape index (κ2) is 10.9. The number of ether oxygens (including phenoxy) is 1. The molecule has 11 nitrogen and oxygen atoms in total. The molecule has 0 bridgehead atoms. The van der Waals surface area contributed by atoms with Crippen LogP contribution in [-0.4, -0.2) is 43.4 Å². The van der Waals surface area contributed by atoms with E-state index in [-0.39, 0.29) is 30.2 Å². The maximum atomic E-state index is 12.5. The molecule has 0 aromatic heterocycles. The van der Waals surface area contributed by atoms with Crippen LogP contribution in [0.3, 0.4) is 0 Å². The normalized spacial score (nSPS) is 11.8. The van der Waals surface area contributed by atoms with Crippen molar-refractivity contribution in [2.75, 3.05) is 17.4 Å². The second-order valence-electron chi connectivity index (χ2n) is 6.57. The number of hydrogen-bond acceptors (Lipinski definition) is 8. The van der Waals surface area contributed by atoms with Crippen LogP contribution in [0, 0.1) is 10.1 Å². The van der Waals surface area contributed by atoms with Gasteiger partial charge in [-0.3, -0.25) is 25.8 Å². The summed E-state index contributed by atoms with van der Waals surface area (Å²) in [7, 11) is -3.41. The van der Waals surface area contributed by atoms with E-state index in [0.29, 0.717) is 0 Å². The number of anilines is 1.